The average Bonchev–Trinajstić information content (AvgIpc) is 2.57. The minimum absolute atomic E-state index is 0.496. The first-order valence-corrected chi connectivity index (χ1v) is 7.06. The number of amides is 1. The van der Waals surface area contributed by atoms with E-state index in [0.29, 0.717) is 16.2 Å². The van der Waals surface area contributed by atoms with Gasteiger partial charge in [-0.15, -0.1) is 11.3 Å². The second-order valence-corrected chi connectivity index (χ2v) is 6.77. The lowest BCUT2D eigenvalue weighted by atomic mass is 10.0. The molecule has 0 radical (unpaired) electrons. The fraction of sp³-hybridized carbons (Fsp3) is 0.538. The standard InChI is InChI=1S/C13H18ClNO3S/c1-8-6-19-10(9(8)14)13(5,7-16)15-11(17)18-12(2,3)4/h6-7H,1-5H3,(H,15,17). The van der Waals surface area contributed by atoms with Gasteiger partial charge in [0.1, 0.15) is 11.1 Å². The summed E-state index contributed by atoms with van der Waals surface area (Å²) in [5.41, 5.74) is -0.929. The summed E-state index contributed by atoms with van der Waals surface area (Å²) in [4.78, 5) is 23.8. The molecule has 0 bridgehead atoms. The zero-order chi connectivity index (χ0) is 14.8. The molecule has 1 N–H and O–H groups in total. The van der Waals surface area contributed by atoms with Crippen molar-refractivity contribution in [1.29, 1.82) is 0 Å². The smallest absolute Gasteiger partial charge is 0.408 e. The molecule has 1 aromatic heterocycles. The maximum absolute atomic E-state index is 11.8. The van der Waals surface area contributed by atoms with Gasteiger partial charge in [0.15, 0.2) is 6.29 Å². The van der Waals surface area contributed by atoms with Crippen LogP contribution in [-0.4, -0.2) is 18.0 Å². The molecule has 0 fully saturated rings. The number of carbonyl (C=O) groups is 2. The molecule has 0 saturated heterocycles. The normalized spacial score (nSPS) is 14.6. The number of hydrogen-bond donors (Lipinski definition) is 1. The third-order valence-electron chi connectivity index (χ3n) is 2.37. The summed E-state index contributed by atoms with van der Waals surface area (Å²) in [5, 5.41) is 4.91. The van der Waals surface area contributed by atoms with E-state index in [1.807, 2.05) is 12.3 Å². The lowest BCUT2D eigenvalue weighted by molar-refractivity contribution is -0.113. The molecular weight excluding hydrogens is 286 g/mol. The zero-order valence-electron chi connectivity index (χ0n) is 11.7. The fourth-order valence-electron chi connectivity index (χ4n) is 1.44. The fourth-order valence-corrected chi connectivity index (χ4v) is 2.91. The van der Waals surface area contributed by atoms with Crippen LogP contribution in [-0.2, 0) is 15.1 Å². The highest BCUT2D eigenvalue weighted by atomic mass is 35.5. The number of halogens is 1. The van der Waals surface area contributed by atoms with Crippen molar-refractivity contribution in [3.8, 4) is 0 Å². The van der Waals surface area contributed by atoms with Crippen LogP contribution in [0.2, 0.25) is 5.02 Å². The van der Waals surface area contributed by atoms with E-state index in [0.717, 1.165) is 5.56 Å². The molecule has 6 heteroatoms. The molecule has 1 atom stereocenters. The molecule has 1 heterocycles. The Labute approximate surface area is 122 Å². The van der Waals surface area contributed by atoms with Gasteiger partial charge in [-0.05, 0) is 45.6 Å². The molecule has 106 valence electrons. The van der Waals surface area contributed by atoms with Crippen LogP contribution in [0.25, 0.3) is 0 Å². The highest BCUT2D eigenvalue weighted by Gasteiger charge is 2.34. The average molecular weight is 304 g/mol. The Bertz CT molecular complexity index is 493. The van der Waals surface area contributed by atoms with Crippen molar-refractivity contribution in [2.45, 2.75) is 45.8 Å². The van der Waals surface area contributed by atoms with Crippen molar-refractivity contribution in [1.82, 2.24) is 5.32 Å². The Hall–Kier alpha value is -1.07. The van der Waals surface area contributed by atoms with Crippen LogP contribution in [0.1, 0.15) is 38.1 Å². The second kappa shape index (κ2) is 5.51. The number of rotatable bonds is 3. The molecule has 0 aliphatic rings. The monoisotopic (exact) mass is 303 g/mol. The topological polar surface area (TPSA) is 55.4 Å². The Morgan fingerprint density at radius 3 is 2.37 bits per heavy atom. The summed E-state index contributed by atoms with van der Waals surface area (Å²) in [6.45, 7) is 8.72. The molecule has 0 spiro atoms. The predicted molar refractivity (Wildman–Crippen MR) is 76.9 cm³/mol. The third-order valence-corrected chi connectivity index (χ3v) is 4.30. The molecule has 0 aliphatic heterocycles. The van der Waals surface area contributed by atoms with Crippen LogP contribution >= 0.6 is 22.9 Å². The second-order valence-electron chi connectivity index (χ2n) is 5.51. The quantitative estimate of drug-likeness (QED) is 0.867. The van der Waals surface area contributed by atoms with Crippen LogP contribution in [0.4, 0.5) is 4.79 Å². The first-order valence-electron chi connectivity index (χ1n) is 5.80. The molecule has 19 heavy (non-hydrogen) atoms. The summed E-state index contributed by atoms with van der Waals surface area (Å²) in [5.74, 6) is 0. The van der Waals surface area contributed by atoms with E-state index in [-0.39, 0.29) is 0 Å². The number of nitrogens with one attached hydrogen (secondary N) is 1. The summed E-state index contributed by atoms with van der Waals surface area (Å²) in [6.07, 6.45) is 0.0119. The zero-order valence-corrected chi connectivity index (χ0v) is 13.2. The van der Waals surface area contributed by atoms with Crippen LogP contribution in [0, 0.1) is 6.92 Å². The van der Waals surface area contributed by atoms with Crippen LogP contribution in [0.3, 0.4) is 0 Å². The van der Waals surface area contributed by atoms with Crippen LogP contribution in [0.15, 0.2) is 5.38 Å². The number of aryl methyl sites for hydroxylation is 1. The maximum atomic E-state index is 11.8. The Morgan fingerprint density at radius 1 is 1.42 bits per heavy atom. The van der Waals surface area contributed by atoms with Gasteiger partial charge in [-0.25, -0.2) is 4.79 Å². The summed E-state index contributed by atoms with van der Waals surface area (Å²) in [6, 6.07) is 0. The van der Waals surface area contributed by atoms with Gasteiger partial charge in [-0.3, -0.25) is 0 Å². The highest BCUT2D eigenvalue weighted by Crippen LogP contribution is 2.35. The minimum atomic E-state index is -1.18. The first-order chi connectivity index (χ1) is 8.59. The highest BCUT2D eigenvalue weighted by molar-refractivity contribution is 7.11. The molecule has 4 nitrogen and oxygen atoms in total. The summed E-state index contributed by atoms with van der Waals surface area (Å²) in [7, 11) is 0. The molecule has 0 aromatic carbocycles. The van der Waals surface area contributed by atoms with Gasteiger partial charge in [0, 0.05) is 0 Å². The molecule has 0 aliphatic carbocycles. The molecule has 1 unspecified atom stereocenters. The van der Waals surface area contributed by atoms with Gasteiger partial charge in [-0.2, -0.15) is 0 Å². The first kappa shape index (κ1) is 16.0. The number of carbonyl (C=O) groups excluding carboxylic acids is 2. The van der Waals surface area contributed by atoms with Crippen molar-refractivity contribution in [2.75, 3.05) is 0 Å². The van der Waals surface area contributed by atoms with E-state index in [1.165, 1.54) is 11.3 Å². The van der Waals surface area contributed by atoms with Gasteiger partial charge in [-0.1, -0.05) is 11.6 Å². The number of aldehydes is 1. The van der Waals surface area contributed by atoms with Gasteiger partial charge in [0.05, 0.1) is 9.90 Å². The van der Waals surface area contributed by atoms with Crippen molar-refractivity contribution < 1.29 is 14.3 Å². The van der Waals surface area contributed by atoms with Crippen LogP contribution < -0.4 is 5.32 Å². The van der Waals surface area contributed by atoms with Crippen molar-refractivity contribution in [3.63, 3.8) is 0 Å². The SMILES string of the molecule is Cc1csc(C(C)(C=O)NC(=O)OC(C)(C)C)c1Cl. The van der Waals surface area contributed by atoms with Crippen LogP contribution in [0.5, 0.6) is 0 Å². The van der Waals surface area contributed by atoms with E-state index in [9.17, 15) is 9.59 Å². The molecule has 1 rings (SSSR count). The van der Waals surface area contributed by atoms with Gasteiger partial charge in [0.2, 0.25) is 0 Å². The van der Waals surface area contributed by atoms with Crippen molar-refractivity contribution in [2.24, 2.45) is 0 Å². The van der Waals surface area contributed by atoms with Crippen molar-refractivity contribution >= 4 is 35.3 Å². The van der Waals surface area contributed by atoms with Gasteiger partial charge >= 0.3 is 6.09 Å². The number of hydrogen-bond acceptors (Lipinski definition) is 4. The van der Waals surface area contributed by atoms with E-state index in [4.69, 9.17) is 16.3 Å². The van der Waals surface area contributed by atoms with E-state index < -0.39 is 17.2 Å². The van der Waals surface area contributed by atoms with E-state index in [2.05, 4.69) is 5.32 Å². The number of alkyl carbamates (subject to hydrolysis) is 1. The predicted octanol–water partition coefficient (Wildman–Crippen LogP) is 3.65. The third kappa shape index (κ3) is 3.94. The summed E-state index contributed by atoms with van der Waals surface area (Å²) < 4.78 is 5.16. The minimum Gasteiger partial charge on any atom is -0.444 e. The lowest BCUT2D eigenvalue weighted by Crippen LogP contribution is -2.46. The maximum Gasteiger partial charge on any atom is 0.408 e. The molecule has 1 amide bonds. The van der Waals surface area contributed by atoms with Gasteiger partial charge < -0.3 is 14.8 Å². The molecule has 0 saturated carbocycles. The Morgan fingerprint density at radius 2 is 2.00 bits per heavy atom. The van der Waals surface area contributed by atoms with Gasteiger partial charge in [0.25, 0.3) is 0 Å². The van der Waals surface area contributed by atoms with Crippen molar-refractivity contribution in [3.05, 3.63) is 20.8 Å². The Kier molecular flexibility index (Phi) is 4.63. The summed E-state index contributed by atoms with van der Waals surface area (Å²) >= 11 is 7.48. The van der Waals surface area contributed by atoms with E-state index >= 15 is 0 Å². The largest absolute Gasteiger partial charge is 0.444 e. The molecule has 1 aromatic rings. The van der Waals surface area contributed by atoms with E-state index in [1.54, 1.807) is 27.7 Å². The molecular formula is C13H18ClNO3S. The Balaban J connectivity index is 2.96. The number of ether oxygens (including phenoxy) is 1. The lowest BCUT2D eigenvalue weighted by Gasteiger charge is -2.27. The number of thiophene rings is 1.